The maximum Gasteiger partial charge on any atom is 0.303 e. The fraction of sp³-hybridized carbons (Fsp3) is 0.917. The highest BCUT2D eigenvalue weighted by atomic mass is 16.7. The highest BCUT2D eigenvalue weighted by molar-refractivity contribution is 5.66. The molecule has 2 fully saturated rings. The molecular formula is C12H20O5. The number of hydrogen-bond donors (Lipinski definition) is 1. The van der Waals surface area contributed by atoms with E-state index in [0.29, 0.717) is 19.4 Å². The Morgan fingerprint density at radius 3 is 2.82 bits per heavy atom. The highest BCUT2D eigenvalue weighted by Gasteiger charge is 2.52. The molecule has 0 aromatic rings. The van der Waals surface area contributed by atoms with Crippen molar-refractivity contribution in [1.29, 1.82) is 0 Å². The molecule has 2 heterocycles. The van der Waals surface area contributed by atoms with E-state index in [4.69, 9.17) is 14.2 Å². The van der Waals surface area contributed by atoms with E-state index in [1.54, 1.807) is 0 Å². The van der Waals surface area contributed by atoms with E-state index in [-0.39, 0.29) is 6.10 Å². The normalized spacial score (nSPS) is 42.4. The Kier molecular flexibility index (Phi) is 3.70. The van der Waals surface area contributed by atoms with Gasteiger partial charge in [-0.3, -0.25) is 4.79 Å². The van der Waals surface area contributed by atoms with Crippen LogP contribution in [0.3, 0.4) is 0 Å². The number of carbonyl (C=O) groups is 1. The van der Waals surface area contributed by atoms with Gasteiger partial charge in [0, 0.05) is 19.8 Å². The molecule has 0 bridgehead atoms. The Labute approximate surface area is 101 Å². The van der Waals surface area contributed by atoms with Crippen LogP contribution in [0.2, 0.25) is 0 Å². The van der Waals surface area contributed by atoms with Gasteiger partial charge in [-0.1, -0.05) is 0 Å². The van der Waals surface area contributed by atoms with Crippen LogP contribution in [0, 0.1) is 0 Å². The van der Waals surface area contributed by atoms with Crippen molar-refractivity contribution in [2.75, 3.05) is 6.61 Å². The molecule has 0 saturated carbocycles. The van der Waals surface area contributed by atoms with Crippen LogP contribution in [0.4, 0.5) is 0 Å². The lowest BCUT2D eigenvalue weighted by Crippen LogP contribution is -2.61. The molecule has 0 aromatic carbocycles. The predicted octanol–water partition coefficient (Wildman–Crippen LogP) is 0.985. The molecule has 17 heavy (non-hydrogen) atoms. The molecule has 1 spiro atoms. The van der Waals surface area contributed by atoms with Crippen LogP contribution in [-0.2, 0) is 19.0 Å². The van der Waals surface area contributed by atoms with Crippen molar-refractivity contribution in [3.63, 3.8) is 0 Å². The minimum absolute atomic E-state index is 0.0880. The molecule has 0 unspecified atom stereocenters. The van der Waals surface area contributed by atoms with E-state index in [1.807, 2.05) is 6.92 Å². The average molecular weight is 244 g/mol. The monoisotopic (exact) mass is 244 g/mol. The molecule has 2 aliphatic heterocycles. The number of hydrogen-bond acceptors (Lipinski definition) is 5. The molecule has 0 amide bonds. The number of esters is 1. The van der Waals surface area contributed by atoms with Gasteiger partial charge < -0.3 is 19.3 Å². The minimum atomic E-state index is -0.943. The number of rotatable bonds is 1. The Morgan fingerprint density at radius 2 is 2.24 bits per heavy atom. The van der Waals surface area contributed by atoms with E-state index in [1.165, 1.54) is 6.92 Å². The second-order valence-electron chi connectivity index (χ2n) is 4.88. The van der Waals surface area contributed by atoms with Gasteiger partial charge in [0.2, 0.25) is 5.79 Å². The number of ether oxygens (including phenoxy) is 3. The van der Waals surface area contributed by atoms with Crippen molar-refractivity contribution in [3.8, 4) is 0 Å². The third-order valence-corrected chi connectivity index (χ3v) is 3.32. The summed E-state index contributed by atoms with van der Waals surface area (Å²) in [5.41, 5.74) is 0. The van der Waals surface area contributed by atoms with Crippen molar-refractivity contribution in [2.24, 2.45) is 0 Å². The van der Waals surface area contributed by atoms with Gasteiger partial charge in [-0.2, -0.15) is 0 Å². The van der Waals surface area contributed by atoms with Gasteiger partial charge in [0.05, 0.1) is 18.8 Å². The lowest BCUT2D eigenvalue weighted by molar-refractivity contribution is -0.350. The Bertz CT molecular complexity index is 285. The summed E-state index contributed by atoms with van der Waals surface area (Å²) in [6.07, 6.45) is 1.53. The van der Waals surface area contributed by atoms with Gasteiger partial charge in [0.15, 0.2) is 6.10 Å². The fourth-order valence-corrected chi connectivity index (χ4v) is 2.67. The summed E-state index contributed by atoms with van der Waals surface area (Å²) in [6.45, 7) is 3.81. The zero-order chi connectivity index (χ0) is 12.5. The first-order valence-electron chi connectivity index (χ1n) is 6.20. The molecule has 2 saturated heterocycles. The second-order valence-corrected chi connectivity index (χ2v) is 4.88. The standard InChI is InChI=1S/C12H20O5/c1-8-7-10(14)11(16-9(2)13)12(17-8)5-3-4-6-15-12/h8,10-11,14H,3-7H2,1-2H3/t8-,10-,11-,12+/m1/s1. The smallest absolute Gasteiger partial charge is 0.303 e. The molecule has 5 heteroatoms. The van der Waals surface area contributed by atoms with Crippen molar-refractivity contribution < 1.29 is 24.1 Å². The number of aliphatic hydroxyl groups is 1. The number of aliphatic hydroxyl groups excluding tert-OH is 1. The van der Waals surface area contributed by atoms with Crippen LogP contribution in [0.15, 0.2) is 0 Å². The van der Waals surface area contributed by atoms with E-state index in [0.717, 1.165) is 12.8 Å². The molecule has 0 aromatic heterocycles. The van der Waals surface area contributed by atoms with E-state index < -0.39 is 24.0 Å². The average Bonchev–Trinajstić information content (AvgIpc) is 2.24. The van der Waals surface area contributed by atoms with Gasteiger partial charge in [0.1, 0.15) is 0 Å². The van der Waals surface area contributed by atoms with Crippen molar-refractivity contribution >= 4 is 5.97 Å². The third kappa shape index (κ3) is 2.61. The quantitative estimate of drug-likeness (QED) is 0.697. The van der Waals surface area contributed by atoms with Gasteiger partial charge in [0.25, 0.3) is 0 Å². The summed E-state index contributed by atoms with van der Waals surface area (Å²) < 4.78 is 16.7. The Morgan fingerprint density at radius 1 is 1.47 bits per heavy atom. The topological polar surface area (TPSA) is 65.0 Å². The maximum atomic E-state index is 11.1. The first-order chi connectivity index (χ1) is 8.03. The van der Waals surface area contributed by atoms with Crippen LogP contribution in [0.1, 0.15) is 39.5 Å². The molecule has 0 radical (unpaired) electrons. The maximum absolute atomic E-state index is 11.1. The Hall–Kier alpha value is -0.650. The summed E-state index contributed by atoms with van der Waals surface area (Å²) >= 11 is 0. The zero-order valence-corrected chi connectivity index (χ0v) is 10.3. The van der Waals surface area contributed by atoms with Crippen LogP contribution in [-0.4, -0.2) is 41.8 Å². The molecule has 2 rings (SSSR count). The third-order valence-electron chi connectivity index (χ3n) is 3.32. The molecule has 98 valence electrons. The van der Waals surface area contributed by atoms with Crippen LogP contribution >= 0.6 is 0 Å². The van der Waals surface area contributed by atoms with Crippen LogP contribution < -0.4 is 0 Å². The molecule has 5 nitrogen and oxygen atoms in total. The Balaban J connectivity index is 2.19. The summed E-state index contributed by atoms with van der Waals surface area (Å²) in [7, 11) is 0. The zero-order valence-electron chi connectivity index (χ0n) is 10.3. The van der Waals surface area contributed by atoms with Gasteiger partial charge in [-0.05, 0) is 19.8 Å². The second kappa shape index (κ2) is 4.92. The van der Waals surface area contributed by atoms with Crippen LogP contribution in [0.5, 0.6) is 0 Å². The molecular weight excluding hydrogens is 224 g/mol. The SMILES string of the molecule is CC(=O)O[C@@H]1[C@H](O)C[C@@H](C)O[C@@]12CCCCO2. The van der Waals surface area contributed by atoms with Gasteiger partial charge in [-0.25, -0.2) is 0 Å². The van der Waals surface area contributed by atoms with E-state index >= 15 is 0 Å². The summed E-state index contributed by atoms with van der Waals surface area (Å²) in [4.78, 5) is 11.1. The van der Waals surface area contributed by atoms with Crippen LogP contribution in [0.25, 0.3) is 0 Å². The minimum Gasteiger partial charge on any atom is -0.454 e. The van der Waals surface area contributed by atoms with Gasteiger partial charge >= 0.3 is 5.97 Å². The fourth-order valence-electron chi connectivity index (χ4n) is 2.67. The summed E-state index contributed by atoms with van der Waals surface area (Å²) in [5, 5.41) is 10.1. The van der Waals surface area contributed by atoms with Crippen molar-refractivity contribution in [3.05, 3.63) is 0 Å². The molecule has 0 aliphatic carbocycles. The molecule has 2 aliphatic rings. The molecule has 1 N–H and O–H groups in total. The van der Waals surface area contributed by atoms with Gasteiger partial charge in [-0.15, -0.1) is 0 Å². The van der Waals surface area contributed by atoms with Crippen molar-refractivity contribution in [1.82, 2.24) is 0 Å². The lowest BCUT2D eigenvalue weighted by Gasteiger charge is -2.48. The largest absolute Gasteiger partial charge is 0.454 e. The highest BCUT2D eigenvalue weighted by Crippen LogP contribution is 2.39. The first kappa shape index (κ1) is 12.8. The molecule has 4 atom stereocenters. The summed E-state index contributed by atoms with van der Waals surface area (Å²) in [6, 6.07) is 0. The predicted molar refractivity (Wildman–Crippen MR) is 59.3 cm³/mol. The first-order valence-corrected chi connectivity index (χ1v) is 6.20. The summed E-state index contributed by atoms with van der Waals surface area (Å²) in [5.74, 6) is -1.36. The van der Waals surface area contributed by atoms with Crippen molar-refractivity contribution in [2.45, 2.75) is 63.6 Å². The van der Waals surface area contributed by atoms with E-state index in [9.17, 15) is 9.90 Å². The lowest BCUT2D eigenvalue weighted by atomic mass is 9.90. The number of carbonyl (C=O) groups excluding carboxylic acids is 1. The van der Waals surface area contributed by atoms with E-state index in [2.05, 4.69) is 0 Å².